The second-order valence-electron chi connectivity index (χ2n) is 5.34. The predicted octanol–water partition coefficient (Wildman–Crippen LogP) is 2.93. The topological polar surface area (TPSA) is 75.0 Å². The predicted molar refractivity (Wildman–Crippen MR) is 92.1 cm³/mol. The van der Waals surface area contributed by atoms with Crippen LogP contribution in [-0.2, 0) is 11.4 Å². The van der Waals surface area contributed by atoms with Gasteiger partial charge in [-0.3, -0.25) is 9.78 Å². The number of hydrogen-bond acceptors (Lipinski definition) is 4. The lowest BCUT2D eigenvalue weighted by Crippen LogP contribution is -2.19. The number of nitrogens with zero attached hydrogens (tertiary/aromatic N) is 2. The summed E-state index contributed by atoms with van der Waals surface area (Å²) in [6, 6.07) is 11.4. The van der Waals surface area contributed by atoms with Crippen LogP contribution in [0.4, 0.5) is 0 Å². The molecule has 0 saturated heterocycles. The zero-order chi connectivity index (χ0) is 17.5. The number of benzene rings is 1. The number of nitrogens with one attached hydrogen (secondary N) is 1. The van der Waals surface area contributed by atoms with Crippen molar-refractivity contribution < 1.29 is 9.53 Å². The summed E-state index contributed by atoms with van der Waals surface area (Å²) >= 11 is 0. The molecular formula is C19H19N3O2. The minimum absolute atomic E-state index is 0.0680. The van der Waals surface area contributed by atoms with Crippen LogP contribution in [0.1, 0.15) is 22.4 Å². The lowest BCUT2D eigenvalue weighted by Gasteiger charge is -2.13. The average Bonchev–Trinajstić information content (AvgIpc) is 2.59. The zero-order valence-corrected chi connectivity index (χ0v) is 14.0. The van der Waals surface area contributed by atoms with Crippen molar-refractivity contribution in [2.45, 2.75) is 20.5 Å². The van der Waals surface area contributed by atoms with Crippen LogP contribution in [0.3, 0.4) is 0 Å². The largest absolute Gasteiger partial charge is 0.487 e. The van der Waals surface area contributed by atoms with Gasteiger partial charge in [-0.25, -0.2) is 0 Å². The van der Waals surface area contributed by atoms with E-state index in [1.807, 2.05) is 50.2 Å². The maximum absolute atomic E-state index is 11.6. The summed E-state index contributed by atoms with van der Waals surface area (Å²) in [5.74, 6) is 0.388. The lowest BCUT2D eigenvalue weighted by atomic mass is 10.0. The number of nitriles is 1. The summed E-state index contributed by atoms with van der Waals surface area (Å²) in [5.41, 5.74) is 3.58. The second kappa shape index (κ2) is 7.93. The smallest absolute Gasteiger partial charge is 0.261 e. The van der Waals surface area contributed by atoms with Gasteiger partial charge in [-0.15, -0.1) is 0 Å². The maximum Gasteiger partial charge on any atom is 0.261 e. The summed E-state index contributed by atoms with van der Waals surface area (Å²) in [6.07, 6.45) is 3.30. The SMILES string of the molecule is CNC(=O)/C(C#N)=C/c1cc(C)c(OCc2ccccn2)c(C)c1. The zero-order valence-electron chi connectivity index (χ0n) is 14.0. The molecule has 0 bridgehead atoms. The minimum Gasteiger partial charge on any atom is -0.487 e. The highest BCUT2D eigenvalue weighted by atomic mass is 16.5. The fourth-order valence-corrected chi connectivity index (χ4v) is 2.37. The molecule has 0 saturated carbocycles. The highest BCUT2D eigenvalue weighted by Crippen LogP contribution is 2.26. The molecule has 1 aromatic carbocycles. The molecule has 1 amide bonds. The third-order valence-electron chi connectivity index (χ3n) is 3.48. The van der Waals surface area contributed by atoms with Gasteiger partial charge in [0.15, 0.2) is 0 Å². The number of pyridine rings is 1. The van der Waals surface area contributed by atoms with Crippen LogP contribution in [-0.4, -0.2) is 17.9 Å². The Morgan fingerprint density at radius 1 is 1.33 bits per heavy atom. The molecule has 0 unspecified atom stereocenters. The van der Waals surface area contributed by atoms with Gasteiger partial charge in [-0.1, -0.05) is 6.07 Å². The first-order chi connectivity index (χ1) is 11.5. The molecule has 5 nitrogen and oxygen atoms in total. The number of aryl methyl sites for hydroxylation is 2. The van der Waals surface area contributed by atoms with Crippen molar-refractivity contribution in [1.29, 1.82) is 5.26 Å². The van der Waals surface area contributed by atoms with Gasteiger partial charge in [-0.05, 0) is 60.9 Å². The molecule has 0 radical (unpaired) electrons. The quantitative estimate of drug-likeness (QED) is 0.678. The molecule has 0 atom stereocenters. The van der Waals surface area contributed by atoms with Gasteiger partial charge in [0.25, 0.3) is 5.91 Å². The van der Waals surface area contributed by atoms with Crippen molar-refractivity contribution in [1.82, 2.24) is 10.3 Å². The maximum atomic E-state index is 11.6. The summed E-state index contributed by atoms with van der Waals surface area (Å²) < 4.78 is 5.88. The number of amides is 1. The Morgan fingerprint density at radius 3 is 2.58 bits per heavy atom. The highest BCUT2D eigenvalue weighted by Gasteiger charge is 2.10. The number of hydrogen-bond donors (Lipinski definition) is 1. The normalized spacial score (nSPS) is 10.8. The van der Waals surface area contributed by atoms with E-state index >= 15 is 0 Å². The van der Waals surface area contributed by atoms with Crippen molar-refractivity contribution in [3.63, 3.8) is 0 Å². The van der Waals surface area contributed by atoms with E-state index in [-0.39, 0.29) is 5.57 Å². The lowest BCUT2D eigenvalue weighted by molar-refractivity contribution is -0.116. The third kappa shape index (κ3) is 4.20. The summed E-state index contributed by atoms with van der Waals surface area (Å²) in [4.78, 5) is 15.8. The van der Waals surface area contributed by atoms with Crippen LogP contribution in [0, 0.1) is 25.2 Å². The summed E-state index contributed by atoms with van der Waals surface area (Å²) in [7, 11) is 1.50. The molecule has 0 aliphatic carbocycles. The van der Waals surface area contributed by atoms with Crippen LogP contribution >= 0.6 is 0 Å². The van der Waals surface area contributed by atoms with Crippen molar-refractivity contribution >= 4 is 12.0 Å². The van der Waals surface area contributed by atoms with Crippen LogP contribution in [0.15, 0.2) is 42.1 Å². The van der Waals surface area contributed by atoms with E-state index < -0.39 is 5.91 Å². The van der Waals surface area contributed by atoms with Crippen molar-refractivity contribution in [2.24, 2.45) is 0 Å². The van der Waals surface area contributed by atoms with E-state index in [1.165, 1.54) is 7.05 Å². The standard InChI is InChI=1S/C19H19N3O2/c1-13-8-15(10-16(11-20)19(23)21-3)9-14(2)18(13)24-12-17-6-4-5-7-22-17/h4-10H,12H2,1-3H3,(H,21,23)/b16-10+. The van der Waals surface area contributed by atoms with Crippen molar-refractivity contribution in [3.05, 3.63) is 64.5 Å². The van der Waals surface area contributed by atoms with Gasteiger partial charge in [0.05, 0.1) is 5.69 Å². The van der Waals surface area contributed by atoms with E-state index in [9.17, 15) is 4.79 Å². The Kier molecular flexibility index (Phi) is 5.69. The van der Waals surface area contributed by atoms with Crippen LogP contribution in [0.2, 0.25) is 0 Å². The van der Waals surface area contributed by atoms with Gasteiger partial charge in [0, 0.05) is 13.2 Å². The molecule has 1 aromatic heterocycles. The van der Waals surface area contributed by atoms with E-state index in [2.05, 4.69) is 10.3 Å². The number of rotatable bonds is 5. The van der Waals surface area contributed by atoms with Gasteiger partial charge >= 0.3 is 0 Å². The van der Waals surface area contributed by atoms with Crippen molar-refractivity contribution in [2.75, 3.05) is 7.05 Å². The Hall–Kier alpha value is -3.13. The number of aromatic nitrogens is 1. The molecule has 0 spiro atoms. The fraction of sp³-hybridized carbons (Fsp3) is 0.211. The summed E-state index contributed by atoms with van der Waals surface area (Å²) in [6.45, 7) is 4.26. The summed E-state index contributed by atoms with van der Waals surface area (Å²) in [5, 5.41) is 11.5. The van der Waals surface area contributed by atoms with E-state index in [0.29, 0.717) is 6.61 Å². The first-order valence-electron chi connectivity index (χ1n) is 7.53. The number of carbonyl (C=O) groups is 1. The van der Waals surface area contributed by atoms with E-state index in [0.717, 1.165) is 28.1 Å². The van der Waals surface area contributed by atoms with Crippen LogP contribution < -0.4 is 10.1 Å². The Morgan fingerprint density at radius 2 is 2.04 bits per heavy atom. The Labute approximate surface area is 141 Å². The number of carbonyl (C=O) groups excluding carboxylic acids is 1. The first-order valence-corrected chi connectivity index (χ1v) is 7.53. The van der Waals surface area contributed by atoms with Gasteiger partial charge in [0.2, 0.25) is 0 Å². The van der Waals surface area contributed by atoms with Gasteiger partial charge in [0.1, 0.15) is 24.0 Å². The van der Waals surface area contributed by atoms with E-state index in [1.54, 1.807) is 12.3 Å². The second-order valence-corrected chi connectivity index (χ2v) is 5.34. The van der Waals surface area contributed by atoms with Crippen molar-refractivity contribution in [3.8, 4) is 11.8 Å². The molecule has 0 aliphatic heterocycles. The Balaban J connectivity index is 2.24. The molecule has 122 valence electrons. The molecule has 0 aliphatic rings. The molecule has 1 heterocycles. The molecular weight excluding hydrogens is 302 g/mol. The van der Waals surface area contributed by atoms with Gasteiger partial charge < -0.3 is 10.1 Å². The first kappa shape index (κ1) is 17.2. The van der Waals surface area contributed by atoms with Gasteiger partial charge in [-0.2, -0.15) is 5.26 Å². The Bertz CT molecular complexity index is 782. The monoisotopic (exact) mass is 321 g/mol. The molecule has 1 N–H and O–H groups in total. The highest BCUT2D eigenvalue weighted by molar-refractivity contribution is 6.01. The third-order valence-corrected chi connectivity index (χ3v) is 3.48. The fourth-order valence-electron chi connectivity index (χ4n) is 2.37. The average molecular weight is 321 g/mol. The molecule has 0 fully saturated rings. The molecule has 2 rings (SSSR count). The van der Waals surface area contributed by atoms with Crippen LogP contribution in [0.25, 0.3) is 6.08 Å². The minimum atomic E-state index is -0.400. The van der Waals surface area contributed by atoms with Crippen LogP contribution in [0.5, 0.6) is 5.75 Å². The molecule has 2 aromatic rings. The van der Waals surface area contributed by atoms with E-state index in [4.69, 9.17) is 10.00 Å². The molecule has 5 heteroatoms. The molecule has 24 heavy (non-hydrogen) atoms. The number of likely N-dealkylation sites (N-methyl/N-ethyl adjacent to an activating group) is 1. The number of ether oxygens (including phenoxy) is 1.